The first-order valence-corrected chi connectivity index (χ1v) is 7.92. The number of amides is 2. The molecule has 7 heteroatoms. The molecule has 4 N–H and O–H groups in total. The van der Waals surface area contributed by atoms with Gasteiger partial charge in [-0.3, -0.25) is 14.6 Å². The van der Waals surface area contributed by atoms with Crippen molar-refractivity contribution >= 4 is 17.8 Å². The summed E-state index contributed by atoms with van der Waals surface area (Å²) >= 11 is 0. The van der Waals surface area contributed by atoms with Crippen LogP contribution in [0.4, 0.5) is 0 Å². The summed E-state index contributed by atoms with van der Waals surface area (Å²) in [5, 5.41) is 12.2. The van der Waals surface area contributed by atoms with Crippen molar-refractivity contribution < 1.29 is 9.59 Å². The SMILES string of the molecule is CCNC(=NCCNC(=O)C(C)(C)C)NC1CCC(=O)NC1. The van der Waals surface area contributed by atoms with Crippen molar-refractivity contribution in [1.82, 2.24) is 21.3 Å². The molecule has 0 bridgehead atoms. The van der Waals surface area contributed by atoms with Crippen LogP contribution in [-0.4, -0.2) is 50.0 Å². The molecule has 0 aromatic heterocycles. The summed E-state index contributed by atoms with van der Waals surface area (Å²) in [5.74, 6) is 0.842. The van der Waals surface area contributed by atoms with Gasteiger partial charge < -0.3 is 21.3 Å². The standard InChI is InChI=1S/C15H29N5O2/c1-5-16-14(20-11-6-7-12(21)19-10-11)18-9-8-17-13(22)15(2,3)4/h11H,5-10H2,1-4H3,(H,17,22)(H,19,21)(H2,16,18,20). The minimum atomic E-state index is -0.382. The second kappa shape index (κ2) is 8.60. The third kappa shape index (κ3) is 6.78. The molecule has 1 saturated heterocycles. The second-order valence-electron chi connectivity index (χ2n) is 6.45. The van der Waals surface area contributed by atoms with Crippen LogP contribution in [0.5, 0.6) is 0 Å². The minimum Gasteiger partial charge on any atom is -0.357 e. The molecule has 0 aromatic rings. The van der Waals surface area contributed by atoms with E-state index in [1.165, 1.54) is 0 Å². The number of rotatable bonds is 5. The Balaban J connectivity index is 2.38. The smallest absolute Gasteiger partial charge is 0.225 e. The van der Waals surface area contributed by atoms with Gasteiger partial charge in [0.05, 0.1) is 6.54 Å². The number of aliphatic imine (C=N–C) groups is 1. The first-order valence-electron chi connectivity index (χ1n) is 7.92. The molecular weight excluding hydrogens is 282 g/mol. The van der Waals surface area contributed by atoms with E-state index in [0.29, 0.717) is 32.0 Å². The highest BCUT2D eigenvalue weighted by Gasteiger charge is 2.20. The maximum absolute atomic E-state index is 11.8. The highest BCUT2D eigenvalue weighted by molar-refractivity contribution is 5.82. The summed E-state index contributed by atoms with van der Waals surface area (Å²) in [6, 6.07) is 0.194. The lowest BCUT2D eigenvalue weighted by molar-refractivity contribution is -0.128. The van der Waals surface area contributed by atoms with Crippen molar-refractivity contribution in [1.29, 1.82) is 0 Å². The number of hydrogen-bond donors (Lipinski definition) is 4. The van der Waals surface area contributed by atoms with E-state index in [4.69, 9.17) is 0 Å². The molecule has 1 aliphatic rings. The molecule has 0 radical (unpaired) electrons. The maximum Gasteiger partial charge on any atom is 0.225 e. The first-order chi connectivity index (χ1) is 10.3. The van der Waals surface area contributed by atoms with Gasteiger partial charge in [-0.05, 0) is 13.3 Å². The predicted molar refractivity (Wildman–Crippen MR) is 87.6 cm³/mol. The number of carbonyl (C=O) groups excluding carboxylic acids is 2. The van der Waals surface area contributed by atoms with Crippen molar-refractivity contribution in [2.45, 2.75) is 46.6 Å². The van der Waals surface area contributed by atoms with E-state index >= 15 is 0 Å². The molecule has 1 rings (SSSR count). The number of nitrogens with zero attached hydrogens (tertiary/aromatic N) is 1. The highest BCUT2D eigenvalue weighted by Crippen LogP contribution is 2.11. The fourth-order valence-corrected chi connectivity index (χ4v) is 1.97. The van der Waals surface area contributed by atoms with Gasteiger partial charge in [0.1, 0.15) is 0 Å². The monoisotopic (exact) mass is 311 g/mol. The molecule has 1 aliphatic heterocycles. The molecular formula is C15H29N5O2. The van der Waals surface area contributed by atoms with Gasteiger partial charge in [0.15, 0.2) is 5.96 Å². The summed E-state index contributed by atoms with van der Waals surface area (Å²) in [4.78, 5) is 27.4. The molecule has 0 aromatic carbocycles. The quantitative estimate of drug-likeness (QED) is 0.326. The average Bonchev–Trinajstić information content (AvgIpc) is 2.44. The maximum atomic E-state index is 11.8. The van der Waals surface area contributed by atoms with Gasteiger partial charge in [0.2, 0.25) is 11.8 Å². The molecule has 1 heterocycles. The van der Waals surface area contributed by atoms with E-state index in [0.717, 1.165) is 13.0 Å². The Hall–Kier alpha value is -1.79. The van der Waals surface area contributed by atoms with Crippen molar-refractivity contribution in [3.05, 3.63) is 0 Å². The van der Waals surface area contributed by atoms with Crippen LogP contribution in [0.15, 0.2) is 4.99 Å². The average molecular weight is 311 g/mol. The minimum absolute atomic E-state index is 0.0238. The summed E-state index contributed by atoms with van der Waals surface area (Å²) in [6.07, 6.45) is 1.34. The number of piperidine rings is 1. The van der Waals surface area contributed by atoms with Gasteiger partial charge in [-0.1, -0.05) is 20.8 Å². The number of nitrogens with one attached hydrogen (secondary N) is 4. The Bertz CT molecular complexity index is 405. The number of hydrogen-bond acceptors (Lipinski definition) is 3. The van der Waals surface area contributed by atoms with Crippen molar-refractivity contribution in [3.63, 3.8) is 0 Å². The number of carbonyl (C=O) groups is 2. The molecule has 126 valence electrons. The Morgan fingerprint density at radius 2 is 2.09 bits per heavy atom. The van der Waals surface area contributed by atoms with Crippen LogP contribution in [0.2, 0.25) is 0 Å². The molecule has 22 heavy (non-hydrogen) atoms. The van der Waals surface area contributed by atoms with Gasteiger partial charge in [-0.15, -0.1) is 0 Å². The van der Waals surface area contributed by atoms with Crippen molar-refractivity contribution in [2.75, 3.05) is 26.2 Å². The van der Waals surface area contributed by atoms with Crippen LogP contribution in [0.3, 0.4) is 0 Å². The van der Waals surface area contributed by atoms with Gasteiger partial charge in [0.25, 0.3) is 0 Å². The Morgan fingerprint density at radius 3 is 2.64 bits per heavy atom. The summed E-state index contributed by atoms with van der Waals surface area (Å²) < 4.78 is 0. The third-order valence-corrected chi connectivity index (χ3v) is 3.30. The zero-order chi connectivity index (χ0) is 16.6. The van der Waals surface area contributed by atoms with Gasteiger partial charge >= 0.3 is 0 Å². The van der Waals surface area contributed by atoms with E-state index in [9.17, 15) is 9.59 Å². The van der Waals surface area contributed by atoms with E-state index in [-0.39, 0.29) is 23.3 Å². The van der Waals surface area contributed by atoms with Crippen LogP contribution in [-0.2, 0) is 9.59 Å². The summed E-state index contributed by atoms with van der Waals surface area (Å²) in [7, 11) is 0. The van der Waals surface area contributed by atoms with Crippen molar-refractivity contribution in [3.8, 4) is 0 Å². The topological polar surface area (TPSA) is 94.6 Å². The number of guanidine groups is 1. The molecule has 7 nitrogen and oxygen atoms in total. The summed E-state index contributed by atoms with van der Waals surface area (Å²) in [5.41, 5.74) is -0.382. The van der Waals surface area contributed by atoms with E-state index in [1.54, 1.807) is 0 Å². The highest BCUT2D eigenvalue weighted by atomic mass is 16.2. The van der Waals surface area contributed by atoms with Gasteiger partial charge in [-0.25, -0.2) is 0 Å². The Labute approximate surface area is 132 Å². The molecule has 1 atom stereocenters. The van der Waals surface area contributed by atoms with Crippen LogP contribution in [0.25, 0.3) is 0 Å². The van der Waals surface area contributed by atoms with E-state index < -0.39 is 0 Å². The van der Waals surface area contributed by atoms with Gasteiger partial charge in [0, 0.05) is 37.5 Å². The lowest BCUT2D eigenvalue weighted by atomic mass is 9.96. The fourth-order valence-electron chi connectivity index (χ4n) is 1.97. The predicted octanol–water partition coefficient (Wildman–Crippen LogP) is -0.0176. The Morgan fingerprint density at radius 1 is 1.36 bits per heavy atom. The van der Waals surface area contributed by atoms with Crippen LogP contribution < -0.4 is 21.3 Å². The van der Waals surface area contributed by atoms with E-state index in [2.05, 4.69) is 26.3 Å². The van der Waals surface area contributed by atoms with Crippen LogP contribution in [0, 0.1) is 5.41 Å². The van der Waals surface area contributed by atoms with Crippen LogP contribution in [0.1, 0.15) is 40.5 Å². The zero-order valence-corrected chi connectivity index (χ0v) is 14.1. The van der Waals surface area contributed by atoms with Crippen LogP contribution >= 0.6 is 0 Å². The molecule has 0 saturated carbocycles. The third-order valence-electron chi connectivity index (χ3n) is 3.30. The molecule has 2 amide bonds. The fraction of sp³-hybridized carbons (Fsp3) is 0.800. The normalized spacial score (nSPS) is 19.4. The van der Waals surface area contributed by atoms with Crippen molar-refractivity contribution in [2.24, 2.45) is 10.4 Å². The lowest BCUT2D eigenvalue weighted by Crippen LogP contribution is -2.51. The first kappa shape index (κ1) is 18.3. The summed E-state index contributed by atoms with van der Waals surface area (Å²) in [6.45, 7) is 10.0. The lowest BCUT2D eigenvalue weighted by Gasteiger charge is -2.25. The second-order valence-corrected chi connectivity index (χ2v) is 6.45. The Kier molecular flexibility index (Phi) is 7.14. The molecule has 0 spiro atoms. The molecule has 1 unspecified atom stereocenters. The molecule has 0 aliphatic carbocycles. The molecule has 1 fully saturated rings. The van der Waals surface area contributed by atoms with Gasteiger partial charge in [-0.2, -0.15) is 0 Å². The zero-order valence-electron chi connectivity index (χ0n) is 14.1. The van der Waals surface area contributed by atoms with E-state index in [1.807, 2.05) is 27.7 Å². The largest absolute Gasteiger partial charge is 0.357 e.